The third-order valence-corrected chi connectivity index (χ3v) is 4.90. The quantitative estimate of drug-likeness (QED) is 0.534. The number of alkyl halides is 3. The Morgan fingerprint density at radius 3 is 2.59 bits per heavy atom. The molecule has 1 aliphatic heterocycles. The van der Waals surface area contributed by atoms with Crippen molar-refractivity contribution in [1.29, 1.82) is 5.26 Å². The number of amides is 1. The van der Waals surface area contributed by atoms with E-state index in [-0.39, 0.29) is 38.9 Å². The predicted octanol–water partition coefficient (Wildman–Crippen LogP) is 3.20. The Morgan fingerprint density at radius 1 is 1.38 bits per heavy atom. The van der Waals surface area contributed by atoms with Crippen molar-refractivity contribution < 1.29 is 32.6 Å². The fraction of sp³-hybridized carbons (Fsp3) is 0.476. The first-order valence-electron chi connectivity index (χ1n) is 10.1. The van der Waals surface area contributed by atoms with Crippen molar-refractivity contribution in [2.75, 3.05) is 13.2 Å². The molecule has 1 aliphatic rings. The maximum absolute atomic E-state index is 12.6. The van der Waals surface area contributed by atoms with Gasteiger partial charge in [0.05, 0.1) is 18.7 Å². The van der Waals surface area contributed by atoms with Gasteiger partial charge in [0.2, 0.25) is 5.91 Å². The molecule has 1 amide bonds. The van der Waals surface area contributed by atoms with E-state index in [0.717, 1.165) is 41.5 Å². The van der Waals surface area contributed by atoms with Crippen molar-refractivity contribution in [1.82, 2.24) is 9.88 Å². The predicted molar refractivity (Wildman–Crippen MR) is 131 cm³/mol. The minimum absolute atomic E-state index is 0. The lowest BCUT2D eigenvalue weighted by molar-refractivity contribution is -0.192. The van der Waals surface area contributed by atoms with E-state index in [0.29, 0.717) is 19.6 Å². The van der Waals surface area contributed by atoms with E-state index < -0.39 is 18.2 Å². The largest absolute Gasteiger partial charge is 0.494 e. The lowest BCUT2D eigenvalue weighted by Gasteiger charge is -2.23. The van der Waals surface area contributed by atoms with Gasteiger partial charge in [-0.3, -0.25) is 4.79 Å². The topological polar surface area (TPSA) is 132 Å². The number of nitrogens with two attached hydrogens (primary N) is 1. The molecule has 34 heavy (non-hydrogen) atoms. The molecule has 2 heterocycles. The highest BCUT2D eigenvalue weighted by molar-refractivity contribution is 7.59. The van der Waals surface area contributed by atoms with Gasteiger partial charge in [0, 0.05) is 23.6 Å². The first-order valence-corrected chi connectivity index (χ1v) is 10.1. The first-order chi connectivity index (χ1) is 15.1. The molecular formula is C21H29F3N4O4S2. The number of carbonyl (C=O) groups is 2. The van der Waals surface area contributed by atoms with Gasteiger partial charge in [-0.15, -0.1) is 0 Å². The summed E-state index contributed by atoms with van der Waals surface area (Å²) < 4.78 is 37.4. The molecule has 8 nitrogen and oxygen atoms in total. The number of halogens is 3. The van der Waals surface area contributed by atoms with Crippen LogP contribution in [0.4, 0.5) is 13.2 Å². The number of nitriles is 1. The fourth-order valence-corrected chi connectivity index (χ4v) is 3.34. The fourth-order valence-electron chi connectivity index (χ4n) is 3.34. The number of benzene rings is 1. The van der Waals surface area contributed by atoms with Gasteiger partial charge in [0.15, 0.2) is 0 Å². The number of likely N-dealkylation sites (tertiary alicyclic amines) is 1. The summed E-state index contributed by atoms with van der Waals surface area (Å²) in [5.41, 5.74) is 8.15. The number of nitrogens with zero attached hydrogens (tertiary/aromatic N) is 2. The maximum Gasteiger partial charge on any atom is 0.490 e. The number of carboxylic acids is 1. The summed E-state index contributed by atoms with van der Waals surface area (Å²) in [5.74, 6) is -2.08. The van der Waals surface area contributed by atoms with Gasteiger partial charge in [-0.1, -0.05) is 6.92 Å². The zero-order valence-corrected chi connectivity index (χ0v) is 20.5. The van der Waals surface area contributed by atoms with Crippen LogP contribution in [0.25, 0.3) is 10.9 Å². The Labute approximate surface area is 209 Å². The Morgan fingerprint density at radius 2 is 2.03 bits per heavy atom. The zero-order chi connectivity index (χ0) is 23.9. The zero-order valence-electron chi connectivity index (χ0n) is 18.5. The Balaban J connectivity index is 0.00000106. The van der Waals surface area contributed by atoms with E-state index in [1.165, 1.54) is 0 Å². The number of aromatic amines is 1. The van der Waals surface area contributed by atoms with E-state index in [1.807, 2.05) is 24.4 Å². The van der Waals surface area contributed by atoms with Gasteiger partial charge in [-0.25, -0.2) is 4.79 Å². The number of carbonyl (C=O) groups excluding carboxylic acids is 1. The summed E-state index contributed by atoms with van der Waals surface area (Å²) in [5, 5.41) is 17.3. The summed E-state index contributed by atoms with van der Waals surface area (Å²) in [6.45, 7) is 3.36. The normalized spacial score (nSPS) is 15.8. The molecular weight excluding hydrogens is 493 g/mol. The van der Waals surface area contributed by atoms with Crippen LogP contribution in [0.5, 0.6) is 5.75 Å². The van der Waals surface area contributed by atoms with Crippen molar-refractivity contribution in [2.45, 2.75) is 50.9 Å². The van der Waals surface area contributed by atoms with Crippen molar-refractivity contribution >= 4 is 49.8 Å². The second-order valence-electron chi connectivity index (χ2n) is 7.30. The van der Waals surface area contributed by atoms with Gasteiger partial charge < -0.3 is 25.5 Å². The number of aromatic nitrogens is 1. The number of fused-ring (bicyclic) bond motifs is 1. The number of rotatable bonds is 6. The minimum Gasteiger partial charge on any atom is -0.494 e. The van der Waals surface area contributed by atoms with Crippen LogP contribution >= 0.6 is 27.0 Å². The first kappa shape index (κ1) is 31.4. The molecule has 1 fully saturated rings. The Bertz CT molecular complexity index is 995. The Kier molecular flexibility index (Phi) is 12.9. The highest BCUT2D eigenvalue weighted by atomic mass is 32.1. The molecule has 3 rings (SSSR count). The smallest absolute Gasteiger partial charge is 0.490 e. The number of H-pyrrole nitrogens is 1. The molecule has 0 spiro atoms. The van der Waals surface area contributed by atoms with Gasteiger partial charge in [0.1, 0.15) is 11.8 Å². The third-order valence-electron chi connectivity index (χ3n) is 4.90. The summed E-state index contributed by atoms with van der Waals surface area (Å²) in [4.78, 5) is 26.3. The average Bonchev–Trinajstić information content (AvgIpc) is 3.38. The van der Waals surface area contributed by atoms with Crippen molar-refractivity contribution in [3.63, 3.8) is 0 Å². The molecule has 4 N–H and O–H groups in total. The van der Waals surface area contributed by atoms with Crippen molar-refractivity contribution in [2.24, 2.45) is 5.73 Å². The van der Waals surface area contributed by atoms with E-state index in [1.54, 1.807) is 4.90 Å². The van der Waals surface area contributed by atoms with Crippen molar-refractivity contribution in [3.8, 4) is 11.8 Å². The summed E-state index contributed by atoms with van der Waals surface area (Å²) in [7, 11) is 0. The van der Waals surface area contributed by atoms with Crippen LogP contribution in [0.3, 0.4) is 0 Å². The third kappa shape index (κ3) is 8.34. The molecule has 0 aliphatic carbocycles. The molecule has 2 atom stereocenters. The average molecular weight is 523 g/mol. The molecule has 13 heteroatoms. The number of nitrogens with one attached hydrogen (secondary N) is 1. The number of ether oxygens (including phenoxy) is 1. The highest BCUT2D eigenvalue weighted by Crippen LogP contribution is 2.25. The van der Waals surface area contributed by atoms with E-state index in [9.17, 15) is 18.0 Å². The molecule has 0 unspecified atom stereocenters. The molecule has 1 aromatic heterocycles. The van der Waals surface area contributed by atoms with E-state index >= 15 is 0 Å². The van der Waals surface area contributed by atoms with Crippen LogP contribution in [-0.4, -0.2) is 58.3 Å². The molecule has 0 bridgehead atoms. The monoisotopic (exact) mass is 522 g/mol. The van der Waals surface area contributed by atoms with Crippen LogP contribution in [0.15, 0.2) is 24.4 Å². The lowest BCUT2D eigenvalue weighted by atomic mass is 10.0. The second-order valence-corrected chi connectivity index (χ2v) is 7.30. The van der Waals surface area contributed by atoms with Gasteiger partial charge >= 0.3 is 12.1 Å². The SMILES string of the molecule is CCCOc1ccc2[nH]cc(C[C@H](N)C(=O)N3CCC[C@H]3C#N)c2c1.O=C(O)C(F)(F)F.S.S. The molecule has 1 aromatic carbocycles. The van der Waals surface area contributed by atoms with Crippen LogP contribution < -0.4 is 10.5 Å². The van der Waals surface area contributed by atoms with Gasteiger partial charge in [0.25, 0.3) is 0 Å². The highest BCUT2D eigenvalue weighted by Gasteiger charge is 2.38. The summed E-state index contributed by atoms with van der Waals surface area (Å²) in [6.07, 6.45) is -0.201. The number of hydrogen-bond donors (Lipinski definition) is 3. The number of carboxylic acid groups (broad SMARTS) is 1. The number of aliphatic carboxylic acids is 1. The van der Waals surface area contributed by atoms with Crippen molar-refractivity contribution in [3.05, 3.63) is 30.0 Å². The molecule has 2 aromatic rings. The Hall–Kier alpha value is -2.56. The molecule has 0 radical (unpaired) electrons. The van der Waals surface area contributed by atoms with E-state index in [4.69, 9.17) is 25.6 Å². The molecule has 0 saturated carbocycles. The molecule has 190 valence electrons. The number of hydrogen-bond acceptors (Lipinski definition) is 5. The second kappa shape index (κ2) is 14.0. The summed E-state index contributed by atoms with van der Waals surface area (Å²) >= 11 is 0. The molecule has 1 saturated heterocycles. The maximum atomic E-state index is 12.6. The van der Waals surface area contributed by atoms with E-state index in [2.05, 4.69) is 18.0 Å². The van der Waals surface area contributed by atoms with Gasteiger partial charge in [-0.05, 0) is 49.4 Å². The summed E-state index contributed by atoms with van der Waals surface area (Å²) in [6, 6.07) is 7.11. The van der Waals surface area contributed by atoms with Crippen LogP contribution in [-0.2, 0) is 16.0 Å². The van der Waals surface area contributed by atoms with Crippen LogP contribution in [0.1, 0.15) is 31.7 Å². The lowest BCUT2D eigenvalue weighted by Crippen LogP contribution is -2.46. The van der Waals surface area contributed by atoms with Gasteiger partial charge in [-0.2, -0.15) is 45.4 Å². The van der Waals surface area contributed by atoms with Crippen LogP contribution in [0, 0.1) is 11.3 Å². The van der Waals surface area contributed by atoms with Crippen LogP contribution in [0.2, 0.25) is 0 Å². The minimum atomic E-state index is -5.08. The standard InChI is InChI=1S/C19H24N4O2.C2HF3O2.2H2S/c1-2-8-25-15-5-6-18-16(10-15)13(12-22-18)9-17(21)19(24)23-7-3-4-14(23)11-20;3-2(4,5)1(6)7;;/h5-6,10,12,14,17,22H,2-4,7-9,21H2,1H3;(H,6,7);2*1H2/t14-,17-;;;/m0.../s1.